The van der Waals surface area contributed by atoms with Crippen LogP contribution < -0.4 is 0 Å². The summed E-state index contributed by atoms with van der Waals surface area (Å²) in [6.45, 7) is 0. The van der Waals surface area contributed by atoms with Gasteiger partial charge in [-0.1, -0.05) is 121 Å². The lowest BCUT2D eigenvalue weighted by Gasteiger charge is -2.14. The highest BCUT2D eigenvalue weighted by molar-refractivity contribution is 6.26. The van der Waals surface area contributed by atoms with E-state index in [1.165, 1.54) is 60.1 Å². The van der Waals surface area contributed by atoms with Crippen LogP contribution in [0.1, 0.15) is 0 Å². The molecule has 0 saturated heterocycles. The van der Waals surface area contributed by atoms with E-state index in [2.05, 4.69) is 152 Å². The lowest BCUT2D eigenvalue weighted by atomic mass is 9.90. The third kappa shape index (κ3) is 4.03. The minimum atomic E-state index is 0.798. The van der Waals surface area contributed by atoms with E-state index < -0.39 is 0 Å². The van der Waals surface area contributed by atoms with Crippen molar-refractivity contribution in [2.75, 3.05) is 0 Å². The Labute approximate surface area is 287 Å². The fraction of sp³-hybridized carbons (Fsp3) is 0. The molecule has 0 N–H and O–H groups in total. The number of furan rings is 2. The summed E-state index contributed by atoms with van der Waals surface area (Å²) in [6, 6.07) is 61.1. The van der Waals surface area contributed by atoms with Crippen molar-refractivity contribution in [2.24, 2.45) is 0 Å². The van der Waals surface area contributed by atoms with Crippen LogP contribution in [0.5, 0.6) is 0 Å². The standard InChI is InChI=1S/C48H28O2/c1-2-9-29(10-3-1)32-17-20-37-38-21-18-33(27-43(38)36-14-5-4-13-35(36)42(37)26-32)30-11-8-12-31(25-30)34-19-24-46-44(28-34)41-23-22-40-39-15-6-7-16-45(39)49-47(40)48(41)50-46/h1-28H. The molecule has 0 amide bonds. The molecule has 0 unspecified atom stereocenters. The second kappa shape index (κ2) is 10.4. The van der Waals surface area contributed by atoms with Crippen molar-refractivity contribution >= 4 is 76.2 Å². The summed E-state index contributed by atoms with van der Waals surface area (Å²) < 4.78 is 12.7. The average molecular weight is 637 g/mol. The molecule has 0 spiro atoms. The third-order valence-electron chi connectivity index (χ3n) is 10.5. The number of hydrogen-bond donors (Lipinski definition) is 0. The maximum atomic E-state index is 6.42. The zero-order chi connectivity index (χ0) is 32.8. The zero-order valence-corrected chi connectivity index (χ0v) is 27.0. The van der Waals surface area contributed by atoms with E-state index in [0.717, 1.165) is 49.4 Å². The topological polar surface area (TPSA) is 26.3 Å². The van der Waals surface area contributed by atoms with Gasteiger partial charge in [-0.05, 0) is 114 Å². The van der Waals surface area contributed by atoms with E-state index in [0.29, 0.717) is 0 Å². The second-order valence-corrected chi connectivity index (χ2v) is 13.2. The average Bonchev–Trinajstić information content (AvgIpc) is 3.76. The normalized spacial score (nSPS) is 12.0. The first-order valence-electron chi connectivity index (χ1n) is 17.1. The fourth-order valence-electron chi connectivity index (χ4n) is 8.02. The van der Waals surface area contributed by atoms with Crippen LogP contribution in [0.4, 0.5) is 0 Å². The number of hydrogen-bond acceptors (Lipinski definition) is 2. The van der Waals surface area contributed by atoms with Crippen molar-refractivity contribution in [3.8, 4) is 33.4 Å². The molecule has 2 heterocycles. The Bertz CT molecular complexity index is 3120. The van der Waals surface area contributed by atoms with Gasteiger partial charge < -0.3 is 8.83 Å². The minimum Gasteiger partial charge on any atom is -0.452 e. The molecule has 2 nitrogen and oxygen atoms in total. The van der Waals surface area contributed by atoms with E-state index in [4.69, 9.17) is 8.83 Å². The number of para-hydroxylation sites is 1. The van der Waals surface area contributed by atoms with Crippen molar-refractivity contribution in [3.63, 3.8) is 0 Å². The van der Waals surface area contributed by atoms with E-state index >= 15 is 0 Å². The molecule has 11 rings (SSSR count). The molecule has 232 valence electrons. The molecule has 0 radical (unpaired) electrons. The van der Waals surface area contributed by atoms with Crippen molar-refractivity contribution in [2.45, 2.75) is 0 Å². The molecule has 0 aliphatic rings. The molecule has 2 aromatic heterocycles. The van der Waals surface area contributed by atoms with Gasteiger partial charge in [-0.15, -0.1) is 0 Å². The van der Waals surface area contributed by atoms with Gasteiger partial charge in [-0.3, -0.25) is 0 Å². The lowest BCUT2D eigenvalue weighted by molar-refractivity contribution is 0.633. The Morgan fingerprint density at radius 1 is 0.220 bits per heavy atom. The van der Waals surface area contributed by atoms with Crippen LogP contribution in [0, 0.1) is 0 Å². The molecule has 11 aromatic rings. The van der Waals surface area contributed by atoms with Crippen LogP contribution in [-0.2, 0) is 0 Å². The molecule has 0 fully saturated rings. The second-order valence-electron chi connectivity index (χ2n) is 13.2. The predicted molar refractivity (Wildman–Crippen MR) is 210 cm³/mol. The molecule has 0 atom stereocenters. The minimum absolute atomic E-state index is 0.798. The van der Waals surface area contributed by atoms with Crippen LogP contribution in [0.3, 0.4) is 0 Å². The summed E-state index contributed by atoms with van der Waals surface area (Å²) in [6.07, 6.45) is 0. The van der Waals surface area contributed by atoms with Crippen molar-refractivity contribution < 1.29 is 8.83 Å². The van der Waals surface area contributed by atoms with E-state index in [1.807, 2.05) is 18.2 Å². The first-order valence-corrected chi connectivity index (χ1v) is 17.1. The zero-order valence-electron chi connectivity index (χ0n) is 27.0. The van der Waals surface area contributed by atoms with Crippen molar-refractivity contribution in [3.05, 3.63) is 170 Å². The highest BCUT2D eigenvalue weighted by Crippen LogP contribution is 2.41. The highest BCUT2D eigenvalue weighted by Gasteiger charge is 2.17. The monoisotopic (exact) mass is 636 g/mol. The lowest BCUT2D eigenvalue weighted by Crippen LogP contribution is -1.87. The first kappa shape index (κ1) is 27.3. The highest BCUT2D eigenvalue weighted by atomic mass is 16.4. The third-order valence-corrected chi connectivity index (χ3v) is 10.5. The molecule has 0 aliphatic carbocycles. The van der Waals surface area contributed by atoms with Gasteiger partial charge in [0.05, 0.1) is 0 Å². The summed E-state index contributed by atoms with van der Waals surface area (Å²) in [7, 11) is 0. The Hall–Kier alpha value is -6.64. The van der Waals surface area contributed by atoms with Gasteiger partial charge >= 0.3 is 0 Å². The van der Waals surface area contributed by atoms with Gasteiger partial charge in [0.25, 0.3) is 0 Å². The van der Waals surface area contributed by atoms with Gasteiger partial charge in [0, 0.05) is 21.5 Å². The van der Waals surface area contributed by atoms with Crippen LogP contribution in [0.25, 0.3) is 110 Å². The molecule has 9 aromatic carbocycles. The molecule has 2 heteroatoms. The Balaban J connectivity index is 1.03. The molecule has 0 bridgehead atoms. The SMILES string of the molecule is c1ccc(-c2ccc3c4ccc(-c5cccc(-c6ccc7oc8c(ccc9c%10ccccc%10oc98)c7c6)c5)cc4c4ccccc4c3c2)cc1. The maximum Gasteiger partial charge on any atom is 0.178 e. The Morgan fingerprint density at radius 3 is 1.30 bits per heavy atom. The van der Waals surface area contributed by atoms with Gasteiger partial charge in [0.1, 0.15) is 11.2 Å². The Kier molecular flexibility index (Phi) is 5.70. The summed E-state index contributed by atoms with van der Waals surface area (Å²) in [5.41, 5.74) is 10.5. The van der Waals surface area contributed by atoms with Gasteiger partial charge in [0.2, 0.25) is 0 Å². The van der Waals surface area contributed by atoms with Crippen LogP contribution >= 0.6 is 0 Å². The number of fused-ring (bicyclic) bond motifs is 13. The quantitative estimate of drug-likeness (QED) is 0.180. The smallest absolute Gasteiger partial charge is 0.178 e. The van der Waals surface area contributed by atoms with Gasteiger partial charge in [0.15, 0.2) is 11.2 Å². The van der Waals surface area contributed by atoms with Crippen LogP contribution in [0.2, 0.25) is 0 Å². The van der Waals surface area contributed by atoms with E-state index in [1.54, 1.807) is 0 Å². The summed E-state index contributed by atoms with van der Waals surface area (Å²) in [5, 5.41) is 12.0. The largest absolute Gasteiger partial charge is 0.452 e. The number of rotatable bonds is 3. The summed E-state index contributed by atoms with van der Waals surface area (Å²) in [4.78, 5) is 0. The van der Waals surface area contributed by atoms with E-state index in [-0.39, 0.29) is 0 Å². The molecule has 50 heavy (non-hydrogen) atoms. The van der Waals surface area contributed by atoms with Crippen LogP contribution in [-0.4, -0.2) is 0 Å². The van der Waals surface area contributed by atoms with Gasteiger partial charge in [-0.2, -0.15) is 0 Å². The first-order chi connectivity index (χ1) is 24.8. The fourth-order valence-corrected chi connectivity index (χ4v) is 8.02. The van der Waals surface area contributed by atoms with Crippen LogP contribution in [0.15, 0.2) is 179 Å². The number of benzene rings is 9. The summed E-state index contributed by atoms with van der Waals surface area (Å²) >= 11 is 0. The van der Waals surface area contributed by atoms with Crippen molar-refractivity contribution in [1.29, 1.82) is 0 Å². The Morgan fingerprint density at radius 2 is 0.640 bits per heavy atom. The van der Waals surface area contributed by atoms with E-state index in [9.17, 15) is 0 Å². The predicted octanol–water partition coefficient (Wildman–Crippen LogP) is 13.9. The summed E-state index contributed by atoms with van der Waals surface area (Å²) in [5.74, 6) is 0. The molecule has 0 aliphatic heterocycles. The van der Waals surface area contributed by atoms with Crippen molar-refractivity contribution in [1.82, 2.24) is 0 Å². The van der Waals surface area contributed by atoms with Gasteiger partial charge in [-0.25, -0.2) is 0 Å². The maximum absolute atomic E-state index is 6.42. The molecule has 0 saturated carbocycles. The molecular formula is C48H28O2. The molecular weight excluding hydrogens is 609 g/mol.